The molecule has 35 heavy (non-hydrogen) atoms. The number of hydrogen-bond donors (Lipinski definition) is 2. The van der Waals surface area contributed by atoms with Crippen LogP contribution in [0.1, 0.15) is 21.5 Å². The Bertz CT molecular complexity index is 1270. The minimum absolute atomic E-state index is 0.143. The zero-order chi connectivity index (χ0) is 24.8. The number of carbonyl (C=O) groups excluding carboxylic acids is 1. The number of methoxy groups -OCH3 is 1. The average molecular weight is 495 g/mol. The summed E-state index contributed by atoms with van der Waals surface area (Å²) in [5, 5.41) is 4.60. The van der Waals surface area contributed by atoms with Gasteiger partial charge in [0.25, 0.3) is 5.56 Å². The van der Waals surface area contributed by atoms with Crippen LogP contribution in [-0.4, -0.2) is 72.4 Å². The number of nitrogens with zero attached hydrogens (tertiary/aromatic N) is 2. The van der Waals surface area contributed by atoms with Gasteiger partial charge in [-0.2, -0.15) is 0 Å². The van der Waals surface area contributed by atoms with Crippen molar-refractivity contribution in [3.63, 3.8) is 0 Å². The molecule has 0 amide bonds. The lowest BCUT2D eigenvalue weighted by Gasteiger charge is -2.31. The molecule has 0 bridgehead atoms. The number of H-pyrrole nitrogens is 1. The number of benzene rings is 2. The Morgan fingerprint density at radius 1 is 1.20 bits per heavy atom. The fraction of sp³-hybridized carbons (Fsp3) is 0.346. The number of fused-ring (bicyclic) bond motifs is 1. The summed E-state index contributed by atoms with van der Waals surface area (Å²) in [4.78, 5) is 32.4. The summed E-state index contributed by atoms with van der Waals surface area (Å²) in [7, 11) is 1.35. The molecule has 1 saturated heterocycles. The third-order valence-corrected chi connectivity index (χ3v) is 6.45. The highest BCUT2D eigenvalue weighted by Crippen LogP contribution is 2.18. The van der Waals surface area contributed by atoms with Crippen molar-refractivity contribution in [1.29, 1.82) is 0 Å². The molecule has 8 nitrogen and oxygen atoms in total. The lowest BCUT2D eigenvalue weighted by Crippen LogP contribution is -2.44. The number of carbonyl (C=O) groups is 1. The highest BCUT2D eigenvalue weighted by Gasteiger charge is 2.19. The predicted octanol–water partition coefficient (Wildman–Crippen LogP) is 3.15. The molecule has 1 aromatic heterocycles. The van der Waals surface area contributed by atoms with Crippen LogP contribution in [0.3, 0.4) is 0 Å². The molecule has 0 atom stereocenters. The van der Waals surface area contributed by atoms with Gasteiger partial charge in [-0.3, -0.25) is 9.69 Å². The van der Waals surface area contributed by atoms with E-state index in [9.17, 15) is 9.59 Å². The van der Waals surface area contributed by atoms with Crippen molar-refractivity contribution in [2.24, 2.45) is 0 Å². The van der Waals surface area contributed by atoms with E-state index >= 15 is 0 Å². The standard InChI is InChI=1S/C26H30N4O4S/c1-18-7-8-22-19(15-18)16-20(24(31)27-22)17-30(10-9-29-11-13-34-14-12-29)26(35)28-23-6-4-3-5-21(23)25(32)33-2/h3-8,15-16H,9-14,17H2,1-2H3,(H,27,31)(H,28,35). The first kappa shape index (κ1) is 24.8. The number of ether oxygens (including phenoxy) is 2. The van der Waals surface area contributed by atoms with Crippen molar-refractivity contribution in [3.8, 4) is 0 Å². The van der Waals surface area contributed by atoms with E-state index in [-0.39, 0.29) is 5.56 Å². The summed E-state index contributed by atoms with van der Waals surface area (Å²) in [5.74, 6) is -0.447. The van der Waals surface area contributed by atoms with Crippen LogP contribution in [0.2, 0.25) is 0 Å². The first-order chi connectivity index (χ1) is 16.9. The smallest absolute Gasteiger partial charge is 0.339 e. The Labute approximate surface area is 209 Å². The molecular formula is C26H30N4O4S. The molecule has 2 aromatic carbocycles. The van der Waals surface area contributed by atoms with Crippen LogP contribution in [0, 0.1) is 6.92 Å². The van der Waals surface area contributed by atoms with Crippen LogP contribution in [0.5, 0.6) is 0 Å². The SMILES string of the molecule is COC(=O)c1ccccc1NC(=S)N(CCN1CCOCC1)Cc1cc2cc(C)ccc2[nH]c1=O. The first-order valence-corrected chi connectivity index (χ1v) is 12.0. The van der Waals surface area contributed by atoms with Gasteiger partial charge < -0.3 is 24.7 Å². The summed E-state index contributed by atoms with van der Waals surface area (Å²) >= 11 is 5.77. The maximum Gasteiger partial charge on any atom is 0.339 e. The number of anilines is 1. The Kier molecular flexibility index (Phi) is 8.12. The van der Waals surface area contributed by atoms with E-state index in [1.54, 1.807) is 18.2 Å². The highest BCUT2D eigenvalue weighted by atomic mass is 32.1. The zero-order valence-electron chi connectivity index (χ0n) is 20.0. The first-order valence-electron chi connectivity index (χ1n) is 11.6. The van der Waals surface area contributed by atoms with Gasteiger partial charge in [-0.05, 0) is 54.9 Å². The summed E-state index contributed by atoms with van der Waals surface area (Å²) in [6, 6.07) is 14.9. The molecule has 9 heteroatoms. The van der Waals surface area contributed by atoms with Crippen LogP contribution in [0.4, 0.5) is 5.69 Å². The van der Waals surface area contributed by atoms with Crippen LogP contribution < -0.4 is 10.9 Å². The van der Waals surface area contributed by atoms with Crippen molar-refractivity contribution in [2.75, 3.05) is 51.8 Å². The van der Waals surface area contributed by atoms with E-state index in [2.05, 4.69) is 21.3 Å². The second kappa shape index (κ2) is 11.4. The monoisotopic (exact) mass is 494 g/mol. The molecule has 2 heterocycles. The topological polar surface area (TPSA) is 86.9 Å². The number of rotatable bonds is 7. The predicted molar refractivity (Wildman–Crippen MR) is 141 cm³/mol. The van der Waals surface area contributed by atoms with Crippen molar-refractivity contribution < 1.29 is 14.3 Å². The maximum absolute atomic E-state index is 12.9. The lowest BCUT2D eigenvalue weighted by molar-refractivity contribution is 0.0358. The van der Waals surface area contributed by atoms with Crippen molar-refractivity contribution >= 4 is 39.9 Å². The molecule has 0 spiro atoms. The molecule has 0 unspecified atom stereocenters. The normalized spacial score (nSPS) is 14.0. The molecule has 1 fully saturated rings. The van der Waals surface area contributed by atoms with Crippen LogP contribution in [0.25, 0.3) is 10.9 Å². The van der Waals surface area contributed by atoms with Gasteiger partial charge in [-0.1, -0.05) is 23.8 Å². The number of esters is 1. The van der Waals surface area contributed by atoms with Crippen LogP contribution in [-0.2, 0) is 16.0 Å². The zero-order valence-corrected chi connectivity index (χ0v) is 20.8. The average Bonchev–Trinajstić information content (AvgIpc) is 2.87. The molecule has 0 saturated carbocycles. The van der Waals surface area contributed by atoms with E-state index < -0.39 is 5.97 Å². The van der Waals surface area contributed by atoms with Crippen molar-refractivity contribution in [1.82, 2.24) is 14.8 Å². The molecule has 1 aliphatic rings. The van der Waals surface area contributed by atoms with Gasteiger partial charge in [0, 0.05) is 37.3 Å². The number of pyridine rings is 1. The molecular weight excluding hydrogens is 464 g/mol. The summed E-state index contributed by atoms with van der Waals surface area (Å²) in [6.45, 7) is 6.86. The number of aromatic amines is 1. The largest absolute Gasteiger partial charge is 0.465 e. The Morgan fingerprint density at radius 2 is 1.97 bits per heavy atom. The van der Waals surface area contributed by atoms with Gasteiger partial charge >= 0.3 is 5.97 Å². The minimum Gasteiger partial charge on any atom is -0.465 e. The van der Waals surface area contributed by atoms with Gasteiger partial charge in [-0.15, -0.1) is 0 Å². The van der Waals surface area contributed by atoms with Crippen LogP contribution >= 0.6 is 12.2 Å². The quantitative estimate of drug-likeness (QED) is 0.383. The minimum atomic E-state index is -0.447. The maximum atomic E-state index is 12.9. The third-order valence-electron chi connectivity index (χ3n) is 6.09. The second-order valence-electron chi connectivity index (χ2n) is 8.56. The van der Waals surface area contributed by atoms with Crippen molar-refractivity contribution in [2.45, 2.75) is 13.5 Å². The number of thiocarbonyl (C=S) groups is 1. The van der Waals surface area contributed by atoms with E-state index in [1.165, 1.54) is 7.11 Å². The van der Waals surface area contributed by atoms with Gasteiger partial charge in [0.05, 0.1) is 38.1 Å². The number of aromatic nitrogens is 1. The van der Waals surface area contributed by atoms with Gasteiger partial charge in [0.2, 0.25) is 0 Å². The fourth-order valence-corrected chi connectivity index (χ4v) is 4.37. The number of hydrogen-bond acceptors (Lipinski definition) is 6. The molecule has 3 aromatic rings. The van der Waals surface area contributed by atoms with Gasteiger partial charge in [0.15, 0.2) is 5.11 Å². The molecule has 4 rings (SSSR count). The molecule has 1 aliphatic heterocycles. The summed E-state index contributed by atoms with van der Waals surface area (Å²) in [5.41, 5.74) is 3.35. The Balaban J connectivity index is 1.59. The number of morpholine rings is 1. The van der Waals surface area contributed by atoms with Gasteiger partial charge in [0.1, 0.15) is 0 Å². The van der Waals surface area contributed by atoms with Gasteiger partial charge in [-0.25, -0.2) is 4.79 Å². The molecule has 184 valence electrons. The lowest BCUT2D eigenvalue weighted by atomic mass is 10.1. The summed E-state index contributed by atoms with van der Waals surface area (Å²) in [6.07, 6.45) is 0. The van der Waals surface area contributed by atoms with E-state index in [0.29, 0.717) is 48.2 Å². The van der Waals surface area contributed by atoms with E-state index in [1.807, 2.05) is 36.1 Å². The number of nitrogens with one attached hydrogen (secondary N) is 2. The number of aryl methyl sites for hydroxylation is 1. The molecule has 0 aliphatic carbocycles. The number of para-hydroxylation sites is 1. The Hall–Kier alpha value is -3.27. The highest BCUT2D eigenvalue weighted by molar-refractivity contribution is 7.80. The van der Waals surface area contributed by atoms with E-state index in [4.69, 9.17) is 21.7 Å². The third kappa shape index (κ3) is 6.25. The fourth-order valence-electron chi connectivity index (χ4n) is 4.11. The second-order valence-corrected chi connectivity index (χ2v) is 8.94. The molecule has 0 radical (unpaired) electrons. The van der Waals surface area contributed by atoms with E-state index in [0.717, 1.165) is 36.1 Å². The summed E-state index contributed by atoms with van der Waals surface area (Å²) < 4.78 is 10.4. The van der Waals surface area contributed by atoms with Crippen LogP contribution in [0.15, 0.2) is 53.3 Å². The molecule has 2 N–H and O–H groups in total. The van der Waals surface area contributed by atoms with Crippen molar-refractivity contribution in [3.05, 3.63) is 75.6 Å². The Morgan fingerprint density at radius 3 is 2.74 bits per heavy atom.